The van der Waals surface area contributed by atoms with Gasteiger partial charge in [0, 0.05) is 18.9 Å². The van der Waals surface area contributed by atoms with Crippen LogP contribution >= 0.6 is 0 Å². The van der Waals surface area contributed by atoms with Crippen LogP contribution in [0.4, 0.5) is 0 Å². The molecule has 5 nitrogen and oxygen atoms in total. The van der Waals surface area contributed by atoms with E-state index in [2.05, 4.69) is 0 Å². The number of carboxylic acids is 1. The molecule has 2 rings (SSSR count). The third-order valence-corrected chi connectivity index (χ3v) is 4.25. The number of rotatable bonds is 10. The topological polar surface area (TPSA) is 72.8 Å². The fourth-order valence-corrected chi connectivity index (χ4v) is 2.74. The first-order valence-corrected chi connectivity index (χ1v) is 8.58. The second kappa shape index (κ2) is 9.15. The first kappa shape index (κ1) is 19.7. The molecule has 2 aromatic rings. The Morgan fingerprint density at radius 3 is 2.35 bits per heavy atom. The fraction of sp³-hybridized carbons (Fsp3) is 0.333. The van der Waals surface area contributed by atoms with E-state index in [0.717, 1.165) is 17.4 Å². The lowest BCUT2D eigenvalue weighted by Crippen LogP contribution is -2.40. The van der Waals surface area contributed by atoms with Crippen molar-refractivity contribution >= 4 is 12.3 Å². The number of aliphatic carboxylic acids is 1. The molecule has 0 aromatic heterocycles. The van der Waals surface area contributed by atoms with Gasteiger partial charge in [-0.05, 0) is 37.1 Å². The number of carboxylic acid groups (broad SMARTS) is 1. The van der Waals surface area contributed by atoms with Crippen LogP contribution < -0.4 is 4.74 Å². The number of benzene rings is 2. The summed E-state index contributed by atoms with van der Waals surface area (Å²) in [5, 5.41) is 9.42. The van der Waals surface area contributed by atoms with Gasteiger partial charge < -0.3 is 19.4 Å². The first-order chi connectivity index (χ1) is 12.5. The van der Waals surface area contributed by atoms with Crippen LogP contribution in [0.1, 0.15) is 37.3 Å². The Morgan fingerprint density at radius 2 is 1.81 bits per heavy atom. The summed E-state index contributed by atoms with van der Waals surface area (Å²) in [7, 11) is 0. The second-order valence-corrected chi connectivity index (χ2v) is 6.26. The second-order valence-electron chi connectivity index (χ2n) is 6.26. The molecule has 0 spiro atoms. The Morgan fingerprint density at radius 1 is 1.15 bits per heavy atom. The SMILES string of the molecule is CCOC(C)(CC(C=O)c1ccc(OCc2ccccc2)cc1)C(=O)O. The third-order valence-electron chi connectivity index (χ3n) is 4.25. The zero-order valence-corrected chi connectivity index (χ0v) is 15.1. The van der Waals surface area contributed by atoms with E-state index in [1.54, 1.807) is 31.2 Å². The molecule has 0 radical (unpaired) electrons. The van der Waals surface area contributed by atoms with E-state index in [-0.39, 0.29) is 13.0 Å². The monoisotopic (exact) mass is 356 g/mol. The van der Waals surface area contributed by atoms with Gasteiger partial charge in [-0.15, -0.1) is 0 Å². The molecule has 0 aliphatic heterocycles. The standard InChI is InChI=1S/C21H24O5/c1-3-26-21(2,20(23)24)13-18(14-22)17-9-11-19(12-10-17)25-15-16-7-5-4-6-8-16/h4-12,14,18H,3,13,15H2,1-2H3,(H,23,24). The number of hydrogen-bond donors (Lipinski definition) is 1. The summed E-state index contributed by atoms with van der Waals surface area (Å²) in [4.78, 5) is 23.0. The minimum Gasteiger partial charge on any atom is -0.489 e. The van der Waals surface area contributed by atoms with Gasteiger partial charge in [0.1, 0.15) is 18.6 Å². The van der Waals surface area contributed by atoms with Crippen LogP contribution in [0, 0.1) is 0 Å². The van der Waals surface area contributed by atoms with Crippen LogP contribution in [0.15, 0.2) is 54.6 Å². The molecule has 2 aromatic carbocycles. The van der Waals surface area contributed by atoms with Gasteiger partial charge in [0.15, 0.2) is 5.60 Å². The van der Waals surface area contributed by atoms with Crippen molar-refractivity contribution < 1.29 is 24.2 Å². The Kier molecular flexibility index (Phi) is 6.92. The summed E-state index contributed by atoms with van der Waals surface area (Å²) in [5.74, 6) is -0.951. The smallest absolute Gasteiger partial charge is 0.335 e. The average Bonchev–Trinajstić information content (AvgIpc) is 2.66. The molecule has 2 unspecified atom stereocenters. The molecule has 26 heavy (non-hydrogen) atoms. The minimum absolute atomic E-state index is 0.0733. The largest absolute Gasteiger partial charge is 0.489 e. The maximum absolute atomic E-state index is 11.5. The number of carbonyl (C=O) groups is 2. The molecule has 0 amide bonds. The molecule has 0 bridgehead atoms. The summed E-state index contributed by atoms with van der Waals surface area (Å²) in [5.41, 5.74) is 0.401. The Balaban J connectivity index is 2.04. The number of aldehydes is 1. The molecule has 0 aliphatic carbocycles. The van der Waals surface area contributed by atoms with Crippen LogP contribution in [0.2, 0.25) is 0 Å². The predicted octanol–water partition coefficient (Wildman–Crippen LogP) is 3.82. The van der Waals surface area contributed by atoms with Gasteiger partial charge in [0.25, 0.3) is 0 Å². The van der Waals surface area contributed by atoms with Crippen LogP contribution in [-0.4, -0.2) is 29.6 Å². The van der Waals surface area contributed by atoms with Crippen molar-refractivity contribution in [1.29, 1.82) is 0 Å². The highest BCUT2D eigenvalue weighted by molar-refractivity contribution is 5.78. The maximum Gasteiger partial charge on any atom is 0.335 e. The molecule has 0 heterocycles. The van der Waals surface area contributed by atoms with Crippen molar-refractivity contribution in [3.63, 3.8) is 0 Å². The van der Waals surface area contributed by atoms with E-state index in [4.69, 9.17) is 9.47 Å². The lowest BCUT2D eigenvalue weighted by Gasteiger charge is -2.27. The third kappa shape index (κ3) is 5.17. The fourth-order valence-electron chi connectivity index (χ4n) is 2.74. The molecule has 0 saturated heterocycles. The van der Waals surface area contributed by atoms with E-state index in [1.807, 2.05) is 30.3 Å². The number of ether oxygens (including phenoxy) is 2. The lowest BCUT2D eigenvalue weighted by molar-refractivity contribution is -0.164. The van der Waals surface area contributed by atoms with E-state index >= 15 is 0 Å². The summed E-state index contributed by atoms with van der Waals surface area (Å²) in [6, 6.07) is 17.0. The highest BCUT2D eigenvalue weighted by atomic mass is 16.5. The van der Waals surface area contributed by atoms with Gasteiger partial charge in [0.05, 0.1) is 0 Å². The normalized spacial score (nSPS) is 14.2. The van der Waals surface area contributed by atoms with Gasteiger partial charge in [-0.3, -0.25) is 0 Å². The molecular weight excluding hydrogens is 332 g/mol. The molecule has 0 saturated carbocycles. The quantitative estimate of drug-likeness (QED) is 0.655. The van der Waals surface area contributed by atoms with Gasteiger partial charge in [-0.25, -0.2) is 4.79 Å². The highest BCUT2D eigenvalue weighted by Gasteiger charge is 2.37. The lowest BCUT2D eigenvalue weighted by atomic mass is 9.87. The van der Waals surface area contributed by atoms with Crippen molar-refractivity contribution in [3.8, 4) is 5.75 Å². The number of hydrogen-bond acceptors (Lipinski definition) is 4. The Hall–Kier alpha value is -2.66. The summed E-state index contributed by atoms with van der Waals surface area (Å²) in [6.45, 7) is 3.95. The molecule has 1 N–H and O–H groups in total. The molecular formula is C21H24O5. The molecule has 2 atom stereocenters. The van der Waals surface area contributed by atoms with Crippen LogP contribution in [0.5, 0.6) is 5.75 Å². The molecule has 0 aliphatic rings. The van der Waals surface area contributed by atoms with Crippen LogP contribution in [0.25, 0.3) is 0 Å². The van der Waals surface area contributed by atoms with E-state index in [1.165, 1.54) is 6.92 Å². The molecule has 138 valence electrons. The van der Waals surface area contributed by atoms with Crippen LogP contribution in [0.3, 0.4) is 0 Å². The first-order valence-electron chi connectivity index (χ1n) is 8.58. The summed E-state index contributed by atoms with van der Waals surface area (Å²) < 4.78 is 11.1. The maximum atomic E-state index is 11.5. The highest BCUT2D eigenvalue weighted by Crippen LogP contribution is 2.29. The van der Waals surface area contributed by atoms with Crippen molar-refractivity contribution in [1.82, 2.24) is 0 Å². The number of carbonyl (C=O) groups excluding carboxylic acids is 1. The zero-order chi connectivity index (χ0) is 19.0. The minimum atomic E-state index is -1.40. The summed E-state index contributed by atoms with van der Waals surface area (Å²) in [6.07, 6.45) is 0.837. The van der Waals surface area contributed by atoms with Crippen molar-refractivity contribution in [2.45, 2.75) is 38.4 Å². The van der Waals surface area contributed by atoms with Gasteiger partial charge >= 0.3 is 5.97 Å². The predicted molar refractivity (Wildman–Crippen MR) is 98.3 cm³/mol. The molecule has 5 heteroatoms. The van der Waals surface area contributed by atoms with Crippen molar-refractivity contribution in [2.75, 3.05) is 6.61 Å². The van der Waals surface area contributed by atoms with Crippen LogP contribution in [-0.2, 0) is 20.9 Å². The Labute approximate surface area is 153 Å². The molecule has 0 fully saturated rings. The summed E-state index contributed by atoms with van der Waals surface area (Å²) >= 11 is 0. The van der Waals surface area contributed by atoms with E-state index in [0.29, 0.717) is 12.4 Å². The Bertz CT molecular complexity index is 711. The average molecular weight is 356 g/mol. The van der Waals surface area contributed by atoms with Gasteiger partial charge in [0.2, 0.25) is 0 Å². The van der Waals surface area contributed by atoms with Crippen molar-refractivity contribution in [2.24, 2.45) is 0 Å². The zero-order valence-electron chi connectivity index (χ0n) is 15.1. The van der Waals surface area contributed by atoms with E-state index in [9.17, 15) is 14.7 Å². The van der Waals surface area contributed by atoms with Gasteiger partial charge in [-0.1, -0.05) is 42.5 Å². The van der Waals surface area contributed by atoms with Crippen molar-refractivity contribution in [3.05, 3.63) is 65.7 Å². The van der Waals surface area contributed by atoms with Gasteiger partial charge in [-0.2, -0.15) is 0 Å². The van der Waals surface area contributed by atoms with E-state index < -0.39 is 17.5 Å².